The highest BCUT2D eigenvalue weighted by atomic mass is 32.2. The van der Waals surface area contributed by atoms with Crippen molar-refractivity contribution in [1.29, 1.82) is 0 Å². The number of thiazole rings is 1. The summed E-state index contributed by atoms with van der Waals surface area (Å²) in [7, 11) is -3.70. The molecule has 1 heterocycles. The summed E-state index contributed by atoms with van der Waals surface area (Å²) < 4.78 is 26.7. The summed E-state index contributed by atoms with van der Waals surface area (Å²) in [5.41, 5.74) is 1.95. The molecule has 0 saturated heterocycles. The van der Waals surface area contributed by atoms with Gasteiger partial charge in [-0.2, -0.15) is 0 Å². The number of nitrogens with one attached hydrogen (secondary N) is 2. The van der Waals surface area contributed by atoms with Crippen molar-refractivity contribution in [3.63, 3.8) is 0 Å². The number of nitrogens with zero attached hydrogens (tertiary/aromatic N) is 1. The number of carbonyl (C=O) groups is 1. The third-order valence-corrected chi connectivity index (χ3v) is 5.80. The van der Waals surface area contributed by atoms with E-state index in [1.807, 2.05) is 35.7 Å². The lowest BCUT2D eigenvalue weighted by molar-refractivity contribution is 0.102. The summed E-state index contributed by atoms with van der Waals surface area (Å²) in [4.78, 5) is 16.9. The van der Waals surface area contributed by atoms with Crippen LogP contribution in [-0.4, -0.2) is 25.9 Å². The van der Waals surface area contributed by atoms with Gasteiger partial charge in [0.15, 0.2) is 5.13 Å². The van der Waals surface area contributed by atoms with Crippen LogP contribution >= 0.6 is 11.3 Å². The van der Waals surface area contributed by atoms with E-state index in [0.29, 0.717) is 5.13 Å². The number of sulfonamides is 1. The van der Waals surface area contributed by atoms with Crippen molar-refractivity contribution >= 4 is 32.4 Å². The quantitative estimate of drug-likeness (QED) is 0.595. The number of hydrogen-bond donors (Lipinski definition) is 2. The lowest BCUT2D eigenvalue weighted by Crippen LogP contribution is -2.24. The van der Waals surface area contributed by atoms with Crippen molar-refractivity contribution in [2.45, 2.75) is 4.90 Å². The van der Waals surface area contributed by atoms with Crippen LogP contribution in [0.2, 0.25) is 0 Å². The third kappa shape index (κ3) is 4.68. The van der Waals surface area contributed by atoms with E-state index in [1.165, 1.54) is 35.6 Å². The molecule has 0 saturated carbocycles. The third-order valence-electron chi connectivity index (χ3n) is 3.62. The van der Waals surface area contributed by atoms with Gasteiger partial charge in [0.2, 0.25) is 10.0 Å². The van der Waals surface area contributed by atoms with Crippen LogP contribution in [0.3, 0.4) is 0 Å². The Bertz CT molecular complexity index is 1060. The fourth-order valence-electron chi connectivity index (χ4n) is 2.30. The van der Waals surface area contributed by atoms with Gasteiger partial charge in [-0.15, -0.1) is 17.9 Å². The topological polar surface area (TPSA) is 88.2 Å². The van der Waals surface area contributed by atoms with Crippen LogP contribution < -0.4 is 10.0 Å². The van der Waals surface area contributed by atoms with Crippen LogP contribution in [0.4, 0.5) is 5.13 Å². The molecule has 2 aromatic carbocycles. The smallest absolute Gasteiger partial charge is 0.257 e. The van der Waals surface area contributed by atoms with Gasteiger partial charge in [0.1, 0.15) is 0 Å². The van der Waals surface area contributed by atoms with Gasteiger partial charge in [-0.05, 0) is 18.2 Å². The Morgan fingerprint density at radius 1 is 1.15 bits per heavy atom. The highest BCUT2D eigenvalue weighted by Crippen LogP contribution is 2.25. The van der Waals surface area contributed by atoms with Crippen LogP contribution in [-0.2, 0) is 10.0 Å². The fraction of sp³-hybridized carbons (Fsp3) is 0.0526. The van der Waals surface area contributed by atoms with E-state index in [2.05, 4.69) is 21.6 Å². The van der Waals surface area contributed by atoms with E-state index in [4.69, 9.17) is 0 Å². The summed E-state index contributed by atoms with van der Waals surface area (Å²) in [5.74, 6) is -0.426. The van der Waals surface area contributed by atoms with E-state index >= 15 is 0 Å². The molecule has 6 nitrogen and oxygen atoms in total. The Morgan fingerprint density at radius 3 is 2.67 bits per heavy atom. The number of benzene rings is 2. The number of anilines is 1. The lowest BCUT2D eigenvalue weighted by atomic mass is 10.2. The van der Waals surface area contributed by atoms with Crippen molar-refractivity contribution in [3.8, 4) is 11.3 Å². The molecule has 27 heavy (non-hydrogen) atoms. The Morgan fingerprint density at radius 2 is 1.93 bits per heavy atom. The Kier molecular flexibility index (Phi) is 5.80. The average Bonchev–Trinajstić information content (AvgIpc) is 3.16. The first-order chi connectivity index (χ1) is 13.0. The zero-order valence-corrected chi connectivity index (χ0v) is 15.9. The second-order valence-corrected chi connectivity index (χ2v) is 8.15. The Hall–Kier alpha value is -2.81. The summed E-state index contributed by atoms with van der Waals surface area (Å²) in [5, 5.41) is 5.00. The second-order valence-electron chi connectivity index (χ2n) is 5.53. The van der Waals surface area contributed by atoms with Gasteiger partial charge in [-0.3, -0.25) is 10.1 Å². The predicted molar refractivity (Wildman–Crippen MR) is 107 cm³/mol. The zero-order chi connectivity index (χ0) is 19.3. The molecule has 0 unspecified atom stereocenters. The van der Waals surface area contributed by atoms with E-state index < -0.39 is 15.9 Å². The molecular formula is C19H17N3O3S2. The largest absolute Gasteiger partial charge is 0.298 e. The first kappa shape index (κ1) is 19.0. The summed E-state index contributed by atoms with van der Waals surface area (Å²) in [6, 6.07) is 15.5. The standard InChI is InChI=1S/C19H17N3O3S2/c1-2-11-20-27(24,25)16-10-6-9-15(12-16)18(23)22-19-21-17(13-26-19)14-7-4-3-5-8-14/h2-10,12-13,20H,1,11H2,(H,21,22,23). The van der Waals surface area contributed by atoms with Gasteiger partial charge in [-0.1, -0.05) is 42.5 Å². The van der Waals surface area contributed by atoms with E-state index in [1.54, 1.807) is 6.07 Å². The monoisotopic (exact) mass is 399 g/mol. The molecular weight excluding hydrogens is 382 g/mol. The Labute approximate surface area is 161 Å². The fourth-order valence-corrected chi connectivity index (χ4v) is 4.06. The molecule has 0 atom stereocenters. The number of hydrogen-bond acceptors (Lipinski definition) is 5. The van der Waals surface area contributed by atoms with Crippen molar-refractivity contribution in [1.82, 2.24) is 9.71 Å². The molecule has 0 bridgehead atoms. The van der Waals surface area contributed by atoms with E-state index in [9.17, 15) is 13.2 Å². The van der Waals surface area contributed by atoms with Gasteiger partial charge in [0.05, 0.1) is 10.6 Å². The minimum atomic E-state index is -3.70. The molecule has 0 aliphatic heterocycles. The molecule has 3 rings (SSSR count). The average molecular weight is 399 g/mol. The molecule has 1 amide bonds. The van der Waals surface area contributed by atoms with Gasteiger partial charge in [0, 0.05) is 23.1 Å². The lowest BCUT2D eigenvalue weighted by Gasteiger charge is -2.07. The first-order valence-electron chi connectivity index (χ1n) is 8.02. The van der Waals surface area contributed by atoms with Gasteiger partial charge >= 0.3 is 0 Å². The maximum absolute atomic E-state index is 12.5. The molecule has 0 radical (unpaired) electrons. The van der Waals surface area contributed by atoms with Crippen molar-refractivity contribution in [2.75, 3.05) is 11.9 Å². The molecule has 0 aliphatic carbocycles. The Balaban J connectivity index is 1.76. The number of carbonyl (C=O) groups excluding carboxylic acids is 1. The SMILES string of the molecule is C=CCNS(=O)(=O)c1cccc(C(=O)Nc2nc(-c3ccccc3)cs2)c1. The van der Waals surface area contributed by atoms with Crippen molar-refractivity contribution < 1.29 is 13.2 Å². The summed E-state index contributed by atoms with van der Waals surface area (Å²) in [6.07, 6.45) is 1.45. The maximum Gasteiger partial charge on any atom is 0.257 e. The zero-order valence-electron chi connectivity index (χ0n) is 14.3. The van der Waals surface area contributed by atoms with Crippen LogP contribution in [0.1, 0.15) is 10.4 Å². The van der Waals surface area contributed by atoms with Crippen LogP contribution in [0.25, 0.3) is 11.3 Å². The molecule has 0 spiro atoms. The van der Waals surface area contributed by atoms with Crippen LogP contribution in [0.15, 0.2) is 77.5 Å². The van der Waals surface area contributed by atoms with Gasteiger partial charge in [-0.25, -0.2) is 18.1 Å². The highest BCUT2D eigenvalue weighted by Gasteiger charge is 2.16. The molecule has 1 aromatic heterocycles. The number of aromatic nitrogens is 1. The molecule has 138 valence electrons. The number of rotatable bonds is 7. The highest BCUT2D eigenvalue weighted by molar-refractivity contribution is 7.89. The number of amides is 1. The van der Waals surface area contributed by atoms with Gasteiger partial charge in [0.25, 0.3) is 5.91 Å². The van der Waals surface area contributed by atoms with Crippen LogP contribution in [0.5, 0.6) is 0 Å². The predicted octanol–water partition coefficient (Wildman–Crippen LogP) is 3.53. The molecule has 8 heteroatoms. The first-order valence-corrected chi connectivity index (χ1v) is 10.4. The molecule has 3 aromatic rings. The molecule has 2 N–H and O–H groups in total. The van der Waals surface area contributed by atoms with E-state index in [0.717, 1.165) is 11.3 Å². The van der Waals surface area contributed by atoms with Crippen molar-refractivity contribution in [3.05, 3.63) is 78.2 Å². The molecule has 0 aliphatic rings. The minimum Gasteiger partial charge on any atom is -0.298 e. The normalized spacial score (nSPS) is 11.1. The summed E-state index contributed by atoms with van der Waals surface area (Å²) >= 11 is 1.30. The minimum absolute atomic E-state index is 0.0149. The van der Waals surface area contributed by atoms with E-state index in [-0.39, 0.29) is 17.0 Å². The second kappa shape index (κ2) is 8.26. The molecule has 0 fully saturated rings. The summed E-state index contributed by atoms with van der Waals surface area (Å²) in [6.45, 7) is 3.59. The van der Waals surface area contributed by atoms with Gasteiger partial charge < -0.3 is 0 Å². The van der Waals surface area contributed by atoms with Crippen molar-refractivity contribution in [2.24, 2.45) is 0 Å². The van der Waals surface area contributed by atoms with Crippen LogP contribution in [0, 0.1) is 0 Å². The maximum atomic E-state index is 12.5.